The van der Waals surface area contributed by atoms with Gasteiger partial charge in [0, 0.05) is 23.9 Å². The number of carbonyl (C=O) groups excluding carboxylic acids is 1. The second kappa shape index (κ2) is 10.1. The molecule has 3 aromatic carbocycles. The van der Waals surface area contributed by atoms with E-state index < -0.39 is 16.1 Å². The molecule has 2 heterocycles. The maximum atomic E-state index is 13.6. The van der Waals surface area contributed by atoms with Gasteiger partial charge in [0.15, 0.2) is 9.84 Å². The maximum absolute atomic E-state index is 13.6. The summed E-state index contributed by atoms with van der Waals surface area (Å²) in [5.41, 5.74) is 7.95. The molecule has 5 rings (SSSR count). The molecule has 0 aromatic heterocycles. The molecule has 2 aliphatic rings. The molecule has 37 heavy (non-hydrogen) atoms. The van der Waals surface area contributed by atoms with E-state index in [1.165, 1.54) is 29.8 Å². The first-order valence-electron chi connectivity index (χ1n) is 12.5. The second-order valence-corrected chi connectivity index (χ2v) is 11.4. The Morgan fingerprint density at radius 3 is 2.30 bits per heavy atom. The number of nitrogens with zero attached hydrogens (tertiary/aromatic N) is 2. The molecule has 0 amide bonds. The van der Waals surface area contributed by atoms with E-state index in [4.69, 9.17) is 4.74 Å². The Morgan fingerprint density at radius 2 is 1.65 bits per heavy atom. The van der Waals surface area contributed by atoms with Gasteiger partial charge in [0.05, 0.1) is 16.6 Å². The molecule has 0 saturated carbocycles. The number of benzene rings is 3. The van der Waals surface area contributed by atoms with Crippen molar-refractivity contribution >= 4 is 21.3 Å². The number of sulfone groups is 1. The van der Waals surface area contributed by atoms with Crippen LogP contribution in [0.2, 0.25) is 0 Å². The third-order valence-electron chi connectivity index (χ3n) is 6.96. The van der Waals surface area contributed by atoms with Gasteiger partial charge in [-0.15, -0.1) is 0 Å². The topological polar surface area (TPSA) is 79.0 Å². The van der Waals surface area contributed by atoms with Gasteiger partial charge >= 0.3 is 0 Å². The lowest BCUT2D eigenvalue weighted by atomic mass is 10.00. The zero-order chi connectivity index (χ0) is 26.2. The number of para-hydroxylation sites is 1. The molecule has 0 radical (unpaired) electrons. The van der Waals surface area contributed by atoms with Crippen molar-refractivity contribution in [3.63, 3.8) is 0 Å². The lowest BCUT2D eigenvalue weighted by molar-refractivity contribution is -0.0151. The summed E-state index contributed by atoms with van der Waals surface area (Å²) in [5, 5.41) is 1.83. The highest BCUT2D eigenvalue weighted by atomic mass is 32.2. The third-order valence-corrected chi connectivity index (χ3v) is 8.09. The molecule has 0 bridgehead atoms. The summed E-state index contributed by atoms with van der Waals surface area (Å²) in [6, 6.07) is 22.0. The summed E-state index contributed by atoms with van der Waals surface area (Å²) in [7, 11) is -3.35. The first-order valence-corrected chi connectivity index (χ1v) is 14.4. The third kappa shape index (κ3) is 5.05. The van der Waals surface area contributed by atoms with Crippen molar-refractivity contribution in [2.24, 2.45) is 0 Å². The molecule has 192 valence electrons. The number of rotatable bonds is 8. The van der Waals surface area contributed by atoms with Crippen LogP contribution in [0.3, 0.4) is 0 Å². The fourth-order valence-electron chi connectivity index (χ4n) is 4.78. The van der Waals surface area contributed by atoms with E-state index in [1.807, 2.05) is 29.3 Å². The zero-order valence-electron chi connectivity index (χ0n) is 21.2. The van der Waals surface area contributed by atoms with Crippen LogP contribution in [0.1, 0.15) is 46.9 Å². The Hall–Kier alpha value is -3.46. The molecule has 8 heteroatoms. The van der Waals surface area contributed by atoms with Crippen molar-refractivity contribution in [2.75, 3.05) is 19.3 Å². The minimum atomic E-state index is -3.35. The van der Waals surface area contributed by atoms with Crippen molar-refractivity contribution in [2.45, 2.75) is 37.6 Å². The number of hydrogen-bond acceptors (Lipinski definition) is 7. The standard InChI is InChI=1S/C29H31N3O4S/c1-4-31(5-2)19-20-10-12-21(13-11-20)25-18-26-24-8-6-7-9-27(24)36-29(32(26)30-25)28(33)22-14-16-23(17-15-22)37(3,34)35/h6-18,26,29-30H,4-5,19H2,1-3H3. The first kappa shape index (κ1) is 25.2. The van der Waals surface area contributed by atoms with Crippen LogP contribution < -0.4 is 10.2 Å². The average Bonchev–Trinajstić information content (AvgIpc) is 3.36. The van der Waals surface area contributed by atoms with Gasteiger partial charge in [-0.1, -0.05) is 56.3 Å². The fraction of sp³-hybridized carbons (Fsp3) is 0.276. The van der Waals surface area contributed by atoms with Crippen LogP contribution in [0.4, 0.5) is 0 Å². The molecular weight excluding hydrogens is 486 g/mol. The summed E-state index contributed by atoms with van der Waals surface area (Å²) in [6.45, 7) is 7.25. The van der Waals surface area contributed by atoms with Crippen molar-refractivity contribution < 1.29 is 17.9 Å². The van der Waals surface area contributed by atoms with E-state index in [0.29, 0.717) is 11.3 Å². The van der Waals surface area contributed by atoms with Gasteiger partial charge in [-0.05, 0) is 60.6 Å². The van der Waals surface area contributed by atoms with E-state index in [9.17, 15) is 13.2 Å². The number of ether oxygens (including phenoxy) is 1. The van der Waals surface area contributed by atoms with Gasteiger partial charge in [0.25, 0.3) is 0 Å². The van der Waals surface area contributed by atoms with Crippen molar-refractivity contribution in [3.05, 3.63) is 101 Å². The molecule has 1 N–H and O–H groups in total. The predicted molar refractivity (Wildman–Crippen MR) is 143 cm³/mol. The van der Waals surface area contributed by atoms with Gasteiger partial charge in [-0.3, -0.25) is 9.69 Å². The smallest absolute Gasteiger partial charge is 0.233 e. The van der Waals surface area contributed by atoms with Gasteiger partial charge in [0.1, 0.15) is 5.75 Å². The second-order valence-electron chi connectivity index (χ2n) is 9.37. The number of carbonyl (C=O) groups is 1. The average molecular weight is 518 g/mol. The van der Waals surface area contributed by atoms with E-state index in [2.05, 4.69) is 54.5 Å². The van der Waals surface area contributed by atoms with Gasteiger partial charge in [0.2, 0.25) is 12.0 Å². The Morgan fingerprint density at radius 1 is 0.973 bits per heavy atom. The SMILES string of the molecule is CCN(CC)Cc1ccc(C2=CC3c4ccccc4OC(C(=O)c4ccc(S(C)(=O)=O)cc4)N3N2)cc1. The summed E-state index contributed by atoms with van der Waals surface area (Å²) < 4.78 is 29.9. The zero-order valence-corrected chi connectivity index (χ0v) is 22.0. The fourth-order valence-corrected chi connectivity index (χ4v) is 5.41. The van der Waals surface area contributed by atoms with Crippen molar-refractivity contribution in [1.82, 2.24) is 15.3 Å². The Kier molecular flexibility index (Phi) is 6.90. The van der Waals surface area contributed by atoms with Crippen LogP contribution in [0.25, 0.3) is 5.70 Å². The Labute approximate surface area is 218 Å². The predicted octanol–water partition coefficient (Wildman–Crippen LogP) is 4.44. The van der Waals surface area contributed by atoms with E-state index in [1.54, 1.807) is 0 Å². The molecular formula is C29H31N3O4S. The van der Waals surface area contributed by atoms with E-state index in [0.717, 1.165) is 42.7 Å². The molecule has 2 aliphatic heterocycles. The lowest BCUT2D eigenvalue weighted by Crippen LogP contribution is -2.52. The van der Waals surface area contributed by atoms with Crippen LogP contribution in [0, 0.1) is 0 Å². The lowest BCUT2D eigenvalue weighted by Gasteiger charge is -2.37. The largest absolute Gasteiger partial charge is 0.465 e. The number of fused-ring (bicyclic) bond motifs is 3. The molecule has 3 aromatic rings. The summed E-state index contributed by atoms with van der Waals surface area (Å²) in [6.07, 6.45) is 2.35. The highest BCUT2D eigenvalue weighted by Gasteiger charge is 2.43. The van der Waals surface area contributed by atoms with Crippen LogP contribution in [-0.4, -0.2) is 49.7 Å². The highest BCUT2D eigenvalue weighted by Crippen LogP contribution is 2.42. The minimum absolute atomic E-state index is 0.171. The Balaban J connectivity index is 1.43. The quantitative estimate of drug-likeness (QED) is 0.443. The molecule has 0 spiro atoms. The van der Waals surface area contributed by atoms with E-state index >= 15 is 0 Å². The number of hydrazine groups is 1. The summed E-state index contributed by atoms with van der Waals surface area (Å²) in [5.74, 6) is 0.403. The minimum Gasteiger partial charge on any atom is -0.465 e. The number of Topliss-reactive ketones (excluding diaryl/α,β-unsaturated/α-hetero) is 1. The maximum Gasteiger partial charge on any atom is 0.233 e. The molecule has 0 saturated heterocycles. The van der Waals surface area contributed by atoms with Crippen LogP contribution in [0.15, 0.2) is 83.8 Å². The molecule has 7 nitrogen and oxygen atoms in total. The van der Waals surface area contributed by atoms with Crippen molar-refractivity contribution in [3.8, 4) is 5.75 Å². The molecule has 0 fully saturated rings. The van der Waals surface area contributed by atoms with E-state index in [-0.39, 0.29) is 16.7 Å². The number of hydrogen-bond donors (Lipinski definition) is 1. The first-order chi connectivity index (χ1) is 17.8. The number of ketones is 1. The summed E-state index contributed by atoms with van der Waals surface area (Å²) >= 11 is 0. The number of nitrogens with one attached hydrogen (secondary N) is 1. The van der Waals surface area contributed by atoms with Gasteiger partial charge in [-0.2, -0.15) is 5.01 Å². The molecule has 2 unspecified atom stereocenters. The highest BCUT2D eigenvalue weighted by molar-refractivity contribution is 7.90. The van der Waals surface area contributed by atoms with Crippen LogP contribution in [0.5, 0.6) is 5.75 Å². The Bertz CT molecular complexity index is 1430. The van der Waals surface area contributed by atoms with Crippen molar-refractivity contribution in [1.29, 1.82) is 0 Å². The van der Waals surface area contributed by atoms with Crippen LogP contribution >= 0.6 is 0 Å². The summed E-state index contributed by atoms with van der Waals surface area (Å²) in [4.78, 5) is 16.1. The van der Waals surface area contributed by atoms with Crippen LogP contribution in [-0.2, 0) is 16.4 Å². The monoisotopic (exact) mass is 517 g/mol. The van der Waals surface area contributed by atoms with Gasteiger partial charge in [-0.25, -0.2) is 8.42 Å². The molecule has 2 atom stereocenters. The molecule has 0 aliphatic carbocycles. The van der Waals surface area contributed by atoms with Gasteiger partial charge < -0.3 is 10.2 Å². The normalized spacial score (nSPS) is 19.0.